The summed E-state index contributed by atoms with van der Waals surface area (Å²) in [4.78, 5) is 18.0. The van der Waals surface area contributed by atoms with Gasteiger partial charge in [-0.1, -0.05) is 72.8 Å². The Balaban J connectivity index is 1.07. The number of hydrogen-bond acceptors (Lipinski definition) is 3. The first-order valence-electron chi connectivity index (χ1n) is 21.7. The predicted octanol–water partition coefficient (Wildman–Crippen LogP) is 11.8. The van der Waals surface area contributed by atoms with Gasteiger partial charge < -0.3 is 9.64 Å². The summed E-state index contributed by atoms with van der Waals surface area (Å²) < 4.78 is 6.59. The number of anilines is 1. The molecular formula is C56H31NO2. The maximum atomic E-state index is 15.6. The molecule has 18 rings (SSSR count). The Kier molecular flexibility index (Phi) is 4.14. The lowest BCUT2D eigenvalue weighted by molar-refractivity contribution is -0.149. The van der Waals surface area contributed by atoms with Crippen LogP contribution in [0.5, 0.6) is 0 Å². The van der Waals surface area contributed by atoms with Gasteiger partial charge in [-0.25, -0.2) is 4.79 Å². The summed E-state index contributed by atoms with van der Waals surface area (Å²) in [7, 11) is 0. The highest BCUT2D eigenvalue weighted by Crippen LogP contribution is 2.71. The van der Waals surface area contributed by atoms with Crippen molar-refractivity contribution in [3.05, 3.63) is 141 Å². The molecule has 5 aliphatic carbocycles. The monoisotopic (exact) mass is 749 g/mol. The molecule has 0 saturated carbocycles. The van der Waals surface area contributed by atoms with E-state index in [1.165, 1.54) is 120 Å². The molecule has 13 aromatic rings. The van der Waals surface area contributed by atoms with Crippen molar-refractivity contribution in [2.45, 2.75) is 44.8 Å². The van der Waals surface area contributed by atoms with Crippen LogP contribution in [0.3, 0.4) is 0 Å². The first-order chi connectivity index (χ1) is 29.1. The van der Waals surface area contributed by atoms with E-state index in [9.17, 15) is 0 Å². The molecule has 0 spiro atoms. The number of ether oxygens (including phenoxy) is 1. The molecule has 0 fully saturated rings. The predicted molar refractivity (Wildman–Crippen MR) is 241 cm³/mol. The van der Waals surface area contributed by atoms with Gasteiger partial charge in [0.2, 0.25) is 0 Å². The molecule has 272 valence electrons. The molecule has 3 nitrogen and oxygen atoms in total. The SMILES string of the molecule is CCN(c1ccccc1)C(C(=O)OCc1ccccc1)C12C=c3cc4cc5cc6c7c5c5c4c4c3C1c1c3c(cc8c9c%10c(cc(c%11c%10c%10c(c1c4c5c%10c7%11)c39)C6)C8)C2. The fourth-order valence-electron chi connectivity index (χ4n) is 15.5. The zero-order valence-corrected chi connectivity index (χ0v) is 32.2. The van der Waals surface area contributed by atoms with Gasteiger partial charge in [-0.15, -0.1) is 0 Å². The second kappa shape index (κ2) is 8.53. The van der Waals surface area contributed by atoms with Crippen LogP contribution in [0.2, 0.25) is 0 Å². The number of hydrogen-bond donors (Lipinski definition) is 0. The number of nitrogens with zero attached hydrogens (tertiary/aromatic N) is 1. The summed E-state index contributed by atoms with van der Waals surface area (Å²) in [6.45, 7) is 3.15. The number of rotatable bonds is 7. The van der Waals surface area contributed by atoms with E-state index in [-0.39, 0.29) is 18.5 Å². The Morgan fingerprint density at radius 2 is 1.14 bits per heavy atom. The van der Waals surface area contributed by atoms with Crippen LogP contribution in [-0.2, 0) is 35.4 Å². The summed E-state index contributed by atoms with van der Waals surface area (Å²) in [6.07, 6.45) is 5.39. The maximum absolute atomic E-state index is 15.6. The number of esters is 1. The molecule has 59 heavy (non-hydrogen) atoms. The third-order valence-corrected chi connectivity index (χ3v) is 16.9. The molecule has 0 aromatic heterocycles. The van der Waals surface area contributed by atoms with Crippen molar-refractivity contribution < 1.29 is 9.53 Å². The van der Waals surface area contributed by atoms with E-state index in [4.69, 9.17) is 4.74 Å². The molecule has 0 bridgehead atoms. The van der Waals surface area contributed by atoms with Gasteiger partial charge in [0.15, 0.2) is 0 Å². The summed E-state index contributed by atoms with van der Waals surface area (Å²) in [6, 6.07) is 33.2. The highest BCUT2D eigenvalue weighted by atomic mass is 16.5. The van der Waals surface area contributed by atoms with Crippen molar-refractivity contribution in [3.8, 4) is 0 Å². The molecular weight excluding hydrogens is 719 g/mol. The number of likely N-dealkylation sites (N-methyl/N-ethyl adjacent to an activating group) is 1. The number of carbonyl (C=O) groups is 1. The Morgan fingerprint density at radius 1 is 0.593 bits per heavy atom. The second-order valence-corrected chi connectivity index (χ2v) is 19.1. The largest absolute Gasteiger partial charge is 0.459 e. The van der Waals surface area contributed by atoms with Crippen LogP contribution >= 0.6 is 0 Å². The third kappa shape index (κ3) is 2.62. The molecule has 3 atom stereocenters. The van der Waals surface area contributed by atoms with Gasteiger partial charge in [-0.2, -0.15) is 0 Å². The van der Waals surface area contributed by atoms with Crippen LogP contribution in [0.4, 0.5) is 5.69 Å². The smallest absolute Gasteiger partial charge is 0.330 e. The molecule has 3 unspecified atom stereocenters. The standard InChI is InChI=1S/C56H31NO2/c1-2-57(32-11-7-4-8-12-32)54(55(58)59-22-23-9-5-3-6-10-23)56-20-30-18-28-16-26-15-27-14-24-13-25-17-29-19-31(21-56)40-45-38(29)43-34(25)33(24)41-37(27)42-35(26)36(28)44-39(30)52(53(40)56)51-49(44)47(42)46(41)48(43)50(45)51/h3-13,15,17-19,21,53-54H,2,14,16,20,22H2,1H3. The van der Waals surface area contributed by atoms with Crippen molar-refractivity contribution in [3.63, 3.8) is 0 Å². The van der Waals surface area contributed by atoms with Gasteiger partial charge in [0.05, 0.1) is 0 Å². The van der Waals surface area contributed by atoms with Gasteiger partial charge >= 0.3 is 5.97 Å². The highest BCUT2D eigenvalue weighted by molar-refractivity contribution is 6.62. The molecule has 0 aliphatic heterocycles. The molecule has 5 aliphatic rings. The molecule has 0 radical (unpaired) electrons. The van der Waals surface area contributed by atoms with E-state index in [1.807, 2.05) is 18.2 Å². The van der Waals surface area contributed by atoms with Crippen LogP contribution in [0, 0.1) is 5.41 Å². The Labute approximate surface area is 336 Å². The van der Waals surface area contributed by atoms with Gasteiger partial charge in [-0.05, 0) is 208 Å². The fourth-order valence-corrected chi connectivity index (χ4v) is 15.5. The van der Waals surface area contributed by atoms with E-state index in [0.29, 0.717) is 6.54 Å². The van der Waals surface area contributed by atoms with E-state index in [1.54, 1.807) is 32.3 Å². The third-order valence-electron chi connectivity index (χ3n) is 16.9. The van der Waals surface area contributed by atoms with Crippen molar-refractivity contribution in [1.82, 2.24) is 0 Å². The Morgan fingerprint density at radius 3 is 1.88 bits per heavy atom. The minimum absolute atomic E-state index is 0.0276. The number of para-hydroxylation sites is 1. The number of carbonyl (C=O) groups excluding carboxylic acids is 1. The summed E-state index contributed by atoms with van der Waals surface area (Å²) >= 11 is 0. The van der Waals surface area contributed by atoms with E-state index >= 15 is 4.79 Å². The van der Waals surface area contributed by atoms with E-state index in [2.05, 4.69) is 90.7 Å². The lowest BCUT2D eigenvalue weighted by atomic mass is 9.59. The van der Waals surface area contributed by atoms with Crippen molar-refractivity contribution >= 4 is 125 Å². The minimum atomic E-state index is -0.583. The topological polar surface area (TPSA) is 29.5 Å². The lowest BCUT2D eigenvalue weighted by Crippen LogP contribution is -2.56. The second-order valence-electron chi connectivity index (χ2n) is 19.1. The first kappa shape index (κ1) is 28.7. The summed E-state index contributed by atoms with van der Waals surface area (Å²) in [5.41, 5.74) is 11.9. The summed E-state index contributed by atoms with van der Waals surface area (Å²) in [5, 5.41) is 31.5. The first-order valence-corrected chi connectivity index (χ1v) is 21.7. The molecule has 0 heterocycles. The van der Waals surface area contributed by atoms with E-state index < -0.39 is 11.5 Å². The summed E-state index contributed by atoms with van der Waals surface area (Å²) in [5.74, 6) is -0.109. The average molecular weight is 750 g/mol. The van der Waals surface area contributed by atoms with Gasteiger partial charge in [-0.3, -0.25) is 0 Å². The average Bonchev–Trinajstić information content (AvgIpc) is 4.09. The van der Waals surface area contributed by atoms with Crippen LogP contribution in [-0.4, -0.2) is 18.6 Å². The molecule has 0 amide bonds. The normalized spacial score (nSPS) is 19.9. The lowest BCUT2D eigenvalue weighted by Gasteiger charge is -2.49. The zero-order valence-electron chi connectivity index (χ0n) is 32.2. The van der Waals surface area contributed by atoms with Crippen LogP contribution in [0.15, 0.2) is 91.0 Å². The molecule has 0 saturated heterocycles. The Bertz CT molecular complexity index is 4220. The quantitative estimate of drug-likeness (QED) is 0.120. The Hall–Kier alpha value is -6.71. The van der Waals surface area contributed by atoms with Crippen molar-refractivity contribution in [2.24, 2.45) is 5.41 Å². The van der Waals surface area contributed by atoms with Gasteiger partial charge in [0, 0.05) is 23.6 Å². The zero-order chi connectivity index (χ0) is 37.7. The highest BCUT2D eigenvalue weighted by Gasteiger charge is 2.59. The fraction of sp³-hybridized carbons (Fsp3) is 0.161. The van der Waals surface area contributed by atoms with Crippen LogP contribution < -0.4 is 10.1 Å². The minimum Gasteiger partial charge on any atom is -0.459 e. The van der Waals surface area contributed by atoms with Gasteiger partial charge in [0.1, 0.15) is 12.6 Å². The van der Waals surface area contributed by atoms with E-state index in [0.717, 1.165) is 30.5 Å². The number of benzene rings is 9. The van der Waals surface area contributed by atoms with Gasteiger partial charge in [0.25, 0.3) is 0 Å². The molecule has 13 aromatic carbocycles. The van der Waals surface area contributed by atoms with Crippen molar-refractivity contribution in [2.75, 3.05) is 11.4 Å². The van der Waals surface area contributed by atoms with Crippen molar-refractivity contribution in [1.29, 1.82) is 0 Å². The van der Waals surface area contributed by atoms with Crippen LogP contribution in [0.1, 0.15) is 57.3 Å². The molecule has 0 N–H and O–H groups in total. The van der Waals surface area contributed by atoms with Crippen LogP contribution in [0.25, 0.3) is 114 Å². The maximum Gasteiger partial charge on any atom is 0.330 e. The molecule has 3 heteroatoms.